The molecule has 1 heterocycles. The third kappa shape index (κ3) is 5.44. The van der Waals surface area contributed by atoms with E-state index in [1.807, 2.05) is 66.7 Å². The summed E-state index contributed by atoms with van der Waals surface area (Å²) in [6.45, 7) is 1.72. The molecular weight excluding hydrogens is 410 g/mol. The number of halogens is 1. The molecule has 1 aromatic heterocycles. The Morgan fingerprint density at radius 3 is 2.55 bits per heavy atom. The third-order valence-electron chi connectivity index (χ3n) is 5.04. The quantitative estimate of drug-likeness (QED) is 0.417. The van der Waals surface area contributed by atoms with Crippen LogP contribution < -0.4 is 10.1 Å². The topological polar surface area (TPSA) is 56.2 Å². The fourth-order valence-corrected chi connectivity index (χ4v) is 3.73. The predicted molar refractivity (Wildman–Crippen MR) is 124 cm³/mol. The zero-order valence-electron chi connectivity index (χ0n) is 17.1. The van der Waals surface area contributed by atoms with Gasteiger partial charge in [-0.05, 0) is 35.9 Å². The van der Waals surface area contributed by atoms with E-state index in [9.17, 15) is 4.79 Å². The molecule has 0 saturated heterocycles. The van der Waals surface area contributed by atoms with Crippen LogP contribution >= 0.6 is 11.6 Å². The summed E-state index contributed by atoms with van der Waals surface area (Å²) in [6, 6.07) is 25.2. The number of ether oxygens (including phenoxy) is 1. The SMILES string of the molecule is O=C(Cc1ccccc1Cl)NCCc1nc2ccccc2n1CCOc1ccccc1. The molecule has 6 heteroatoms. The van der Waals surface area contributed by atoms with Crippen molar-refractivity contribution >= 4 is 28.5 Å². The van der Waals surface area contributed by atoms with Crippen LogP contribution in [-0.2, 0) is 24.2 Å². The van der Waals surface area contributed by atoms with Crippen LogP contribution in [0.2, 0.25) is 5.02 Å². The average molecular weight is 434 g/mol. The number of carbonyl (C=O) groups is 1. The molecule has 0 aliphatic heterocycles. The first-order chi connectivity index (χ1) is 15.2. The summed E-state index contributed by atoms with van der Waals surface area (Å²) in [4.78, 5) is 17.1. The van der Waals surface area contributed by atoms with Gasteiger partial charge in [-0.1, -0.05) is 60.1 Å². The zero-order chi connectivity index (χ0) is 21.5. The first-order valence-electron chi connectivity index (χ1n) is 10.3. The number of hydrogen-bond donors (Lipinski definition) is 1. The van der Waals surface area contributed by atoms with Crippen molar-refractivity contribution < 1.29 is 9.53 Å². The Bertz CT molecular complexity index is 1160. The van der Waals surface area contributed by atoms with Crippen LogP contribution in [0.5, 0.6) is 5.75 Å². The highest BCUT2D eigenvalue weighted by Crippen LogP contribution is 2.18. The summed E-state index contributed by atoms with van der Waals surface area (Å²) in [6.07, 6.45) is 0.898. The maximum absolute atomic E-state index is 12.3. The average Bonchev–Trinajstić information content (AvgIpc) is 3.14. The van der Waals surface area contributed by atoms with Crippen molar-refractivity contribution in [3.8, 4) is 5.75 Å². The van der Waals surface area contributed by atoms with Gasteiger partial charge < -0.3 is 14.6 Å². The van der Waals surface area contributed by atoms with Gasteiger partial charge in [-0.3, -0.25) is 4.79 Å². The number of para-hydroxylation sites is 3. The Balaban J connectivity index is 1.38. The third-order valence-corrected chi connectivity index (χ3v) is 5.41. The Kier molecular flexibility index (Phi) is 6.85. The molecule has 1 amide bonds. The summed E-state index contributed by atoms with van der Waals surface area (Å²) in [5, 5.41) is 3.59. The second kappa shape index (κ2) is 10.1. The van der Waals surface area contributed by atoms with Gasteiger partial charge in [0.15, 0.2) is 0 Å². The summed E-state index contributed by atoms with van der Waals surface area (Å²) < 4.78 is 8.04. The van der Waals surface area contributed by atoms with E-state index in [1.54, 1.807) is 6.07 Å². The van der Waals surface area contributed by atoms with E-state index in [0.717, 1.165) is 28.2 Å². The second-order valence-electron chi connectivity index (χ2n) is 7.20. The number of imidazole rings is 1. The summed E-state index contributed by atoms with van der Waals surface area (Å²) in [5.74, 6) is 1.72. The van der Waals surface area contributed by atoms with E-state index in [4.69, 9.17) is 21.3 Å². The Labute approximate surface area is 186 Å². The molecule has 0 fully saturated rings. The van der Waals surface area contributed by atoms with Crippen LogP contribution in [-0.4, -0.2) is 28.6 Å². The molecule has 31 heavy (non-hydrogen) atoms. The molecule has 158 valence electrons. The number of carbonyl (C=O) groups excluding carboxylic acids is 1. The zero-order valence-corrected chi connectivity index (χ0v) is 17.9. The Morgan fingerprint density at radius 1 is 0.968 bits per heavy atom. The molecule has 1 N–H and O–H groups in total. The van der Waals surface area contributed by atoms with Crippen LogP contribution in [0, 0.1) is 0 Å². The normalized spacial score (nSPS) is 10.9. The molecule has 5 nitrogen and oxygen atoms in total. The molecule has 0 spiro atoms. The minimum Gasteiger partial charge on any atom is -0.492 e. The van der Waals surface area contributed by atoms with Gasteiger partial charge >= 0.3 is 0 Å². The molecule has 0 bridgehead atoms. The lowest BCUT2D eigenvalue weighted by atomic mass is 10.1. The Morgan fingerprint density at radius 2 is 1.71 bits per heavy atom. The lowest BCUT2D eigenvalue weighted by Gasteiger charge is -2.11. The standard InChI is InChI=1S/C25H24ClN3O2/c26-21-11-5-4-8-19(21)18-25(30)27-15-14-24-28-22-12-6-7-13-23(22)29(24)16-17-31-20-9-2-1-3-10-20/h1-13H,14-18H2,(H,27,30). The van der Waals surface area contributed by atoms with Gasteiger partial charge in [-0.15, -0.1) is 0 Å². The van der Waals surface area contributed by atoms with E-state index in [-0.39, 0.29) is 12.3 Å². The molecule has 0 aliphatic rings. The highest BCUT2D eigenvalue weighted by Gasteiger charge is 2.12. The van der Waals surface area contributed by atoms with Crippen molar-refractivity contribution in [1.82, 2.24) is 14.9 Å². The van der Waals surface area contributed by atoms with E-state index >= 15 is 0 Å². The van der Waals surface area contributed by atoms with Crippen molar-refractivity contribution in [3.63, 3.8) is 0 Å². The fraction of sp³-hybridized carbons (Fsp3) is 0.200. The van der Waals surface area contributed by atoms with Gasteiger partial charge in [-0.25, -0.2) is 4.98 Å². The largest absolute Gasteiger partial charge is 0.492 e. The first-order valence-corrected chi connectivity index (χ1v) is 10.7. The van der Waals surface area contributed by atoms with Crippen LogP contribution in [0.4, 0.5) is 0 Å². The maximum atomic E-state index is 12.3. The maximum Gasteiger partial charge on any atom is 0.224 e. The fourth-order valence-electron chi connectivity index (χ4n) is 3.53. The van der Waals surface area contributed by atoms with Crippen molar-refractivity contribution in [2.75, 3.05) is 13.2 Å². The number of nitrogens with zero attached hydrogens (tertiary/aromatic N) is 2. The second-order valence-corrected chi connectivity index (χ2v) is 7.61. The number of amides is 1. The lowest BCUT2D eigenvalue weighted by molar-refractivity contribution is -0.120. The number of nitrogens with one attached hydrogen (secondary N) is 1. The van der Waals surface area contributed by atoms with Crippen molar-refractivity contribution in [3.05, 3.63) is 95.3 Å². The highest BCUT2D eigenvalue weighted by molar-refractivity contribution is 6.31. The van der Waals surface area contributed by atoms with Crippen LogP contribution in [0.15, 0.2) is 78.9 Å². The van der Waals surface area contributed by atoms with Crippen molar-refractivity contribution in [2.45, 2.75) is 19.4 Å². The number of benzene rings is 3. The minimum atomic E-state index is -0.0526. The van der Waals surface area contributed by atoms with E-state index in [0.29, 0.717) is 31.1 Å². The van der Waals surface area contributed by atoms with Gasteiger partial charge in [0.05, 0.1) is 24.0 Å². The summed E-state index contributed by atoms with van der Waals surface area (Å²) in [5.41, 5.74) is 2.84. The number of fused-ring (bicyclic) bond motifs is 1. The molecular formula is C25H24ClN3O2. The van der Waals surface area contributed by atoms with E-state index in [1.165, 1.54) is 0 Å². The van der Waals surface area contributed by atoms with Gasteiger partial charge in [0.25, 0.3) is 0 Å². The number of rotatable bonds is 9. The summed E-state index contributed by atoms with van der Waals surface area (Å²) >= 11 is 6.15. The monoisotopic (exact) mass is 433 g/mol. The lowest BCUT2D eigenvalue weighted by Crippen LogP contribution is -2.28. The molecule has 4 aromatic rings. The molecule has 0 unspecified atom stereocenters. The van der Waals surface area contributed by atoms with Crippen LogP contribution in [0.1, 0.15) is 11.4 Å². The molecule has 0 atom stereocenters. The smallest absolute Gasteiger partial charge is 0.224 e. The summed E-state index contributed by atoms with van der Waals surface area (Å²) in [7, 11) is 0. The van der Waals surface area contributed by atoms with Gasteiger partial charge in [0.2, 0.25) is 5.91 Å². The molecule has 4 rings (SSSR count). The number of hydrogen-bond acceptors (Lipinski definition) is 3. The molecule has 0 aliphatic carbocycles. The van der Waals surface area contributed by atoms with Crippen molar-refractivity contribution in [2.24, 2.45) is 0 Å². The van der Waals surface area contributed by atoms with E-state index in [2.05, 4.69) is 16.0 Å². The van der Waals surface area contributed by atoms with E-state index < -0.39 is 0 Å². The Hall–Kier alpha value is -3.31. The number of aromatic nitrogens is 2. The molecule has 0 saturated carbocycles. The minimum absolute atomic E-state index is 0.0526. The van der Waals surface area contributed by atoms with Gasteiger partial charge in [0.1, 0.15) is 18.2 Å². The van der Waals surface area contributed by atoms with Crippen LogP contribution in [0.25, 0.3) is 11.0 Å². The highest BCUT2D eigenvalue weighted by atomic mass is 35.5. The van der Waals surface area contributed by atoms with Crippen molar-refractivity contribution in [1.29, 1.82) is 0 Å². The molecule has 0 radical (unpaired) electrons. The first kappa shape index (κ1) is 20.9. The van der Waals surface area contributed by atoms with Gasteiger partial charge in [0, 0.05) is 18.0 Å². The predicted octanol–water partition coefficient (Wildman–Crippen LogP) is 4.67. The van der Waals surface area contributed by atoms with Crippen LogP contribution in [0.3, 0.4) is 0 Å². The van der Waals surface area contributed by atoms with Gasteiger partial charge in [-0.2, -0.15) is 0 Å². The molecule has 3 aromatic carbocycles.